The summed E-state index contributed by atoms with van der Waals surface area (Å²) in [6, 6.07) is 6.56. The smallest absolute Gasteiger partial charge is 0.0789 e. The van der Waals surface area contributed by atoms with Crippen molar-refractivity contribution < 1.29 is 5.11 Å². The van der Waals surface area contributed by atoms with Gasteiger partial charge in [-0.25, -0.2) is 0 Å². The van der Waals surface area contributed by atoms with E-state index < -0.39 is 0 Å². The van der Waals surface area contributed by atoms with Crippen LogP contribution in [-0.4, -0.2) is 17.1 Å². The van der Waals surface area contributed by atoms with Gasteiger partial charge < -0.3 is 10.8 Å². The van der Waals surface area contributed by atoms with E-state index in [1.807, 2.05) is 0 Å². The Morgan fingerprint density at radius 1 is 1.27 bits per heavy atom. The first-order valence-corrected chi connectivity index (χ1v) is 6.32. The fraction of sp³-hybridized carbons (Fsp3) is 0.500. The van der Waals surface area contributed by atoms with Crippen LogP contribution in [0.25, 0.3) is 0 Å². The van der Waals surface area contributed by atoms with E-state index in [1.54, 1.807) is 11.8 Å². The summed E-state index contributed by atoms with van der Waals surface area (Å²) in [6.07, 6.45) is 5.02. The second kappa shape index (κ2) is 5.01. The first-order valence-electron chi connectivity index (χ1n) is 5.44. The monoisotopic (exact) mass is 223 g/mol. The van der Waals surface area contributed by atoms with Crippen LogP contribution in [0.4, 0.5) is 0 Å². The number of nitrogens with two attached hydrogens (primary N) is 1. The average molecular weight is 223 g/mol. The van der Waals surface area contributed by atoms with Crippen LogP contribution in [0.5, 0.6) is 0 Å². The maximum atomic E-state index is 8.89. The van der Waals surface area contributed by atoms with Crippen LogP contribution in [0.2, 0.25) is 0 Å². The molecule has 1 aliphatic rings. The minimum atomic E-state index is -0.202. The van der Waals surface area contributed by atoms with Crippen molar-refractivity contribution in [2.75, 3.05) is 6.61 Å². The summed E-state index contributed by atoms with van der Waals surface area (Å²) < 4.78 is 0. The van der Waals surface area contributed by atoms with Gasteiger partial charge in [0.1, 0.15) is 0 Å². The molecule has 1 atom stereocenters. The van der Waals surface area contributed by atoms with Gasteiger partial charge in [0.05, 0.1) is 12.0 Å². The quantitative estimate of drug-likeness (QED) is 0.608. The van der Waals surface area contributed by atoms with Crippen LogP contribution in [0, 0.1) is 0 Å². The van der Waals surface area contributed by atoms with Crippen molar-refractivity contribution in [1.82, 2.24) is 0 Å². The number of hydrogen-bond acceptors (Lipinski definition) is 3. The van der Waals surface area contributed by atoms with Crippen molar-refractivity contribution in [3.63, 3.8) is 0 Å². The molecule has 1 aliphatic carbocycles. The van der Waals surface area contributed by atoms with E-state index in [0.717, 1.165) is 0 Å². The lowest BCUT2D eigenvalue weighted by molar-refractivity contribution is 0.296. The molecule has 2 rings (SSSR count). The van der Waals surface area contributed by atoms with E-state index in [0.29, 0.717) is 0 Å². The summed E-state index contributed by atoms with van der Waals surface area (Å²) in [4.78, 5) is 1.18. The van der Waals surface area contributed by atoms with Crippen LogP contribution in [-0.2, 0) is 12.8 Å². The number of aliphatic hydroxyl groups excluding tert-OH is 1. The molecule has 0 bridgehead atoms. The van der Waals surface area contributed by atoms with Gasteiger partial charge in [-0.3, -0.25) is 0 Å². The van der Waals surface area contributed by atoms with Crippen molar-refractivity contribution >= 4 is 11.8 Å². The molecule has 0 heterocycles. The van der Waals surface area contributed by atoms with Gasteiger partial charge in [0, 0.05) is 4.90 Å². The molecule has 0 saturated heterocycles. The summed E-state index contributed by atoms with van der Waals surface area (Å²) in [5.41, 5.74) is 8.65. The molecule has 1 aromatic carbocycles. The van der Waals surface area contributed by atoms with Crippen LogP contribution < -0.4 is 5.73 Å². The van der Waals surface area contributed by atoms with Gasteiger partial charge >= 0.3 is 0 Å². The van der Waals surface area contributed by atoms with Gasteiger partial charge in [0.25, 0.3) is 0 Å². The third-order valence-corrected chi connectivity index (χ3v) is 3.77. The molecule has 2 nitrogen and oxygen atoms in total. The van der Waals surface area contributed by atoms with Gasteiger partial charge in [0.15, 0.2) is 0 Å². The number of fused-ring (bicyclic) bond motifs is 1. The molecule has 1 unspecified atom stereocenters. The largest absolute Gasteiger partial charge is 0.394 e. The molecule has 15 heavy (non-hydrogen) atoms. The highest BCUT2D eigenvalue weighted by molar-refractivity contribution is 7.99. The van der Waals surface area contributed by atoms with E-state index in [-0.39, 0.29) is 12.0 Å². The first kappa shape index (κ1) is 11.0. The Morgan fingerprint density at radius 3 is 2.73 bits per heavy atom. The number of rotatable bonds is 3. The highest BCUT2D eigenvalue weighted by atomic mass is 32.2. The fourth-order valence-electron chi connectivity index (χ4n) is 2.00. The standard InChI is InChI=1S/C12H17NOS/c13-12(8-14)15-11-6-5-9-3-1-2-4-10(9)7-11/h5-7,12,14H,1-4,8,13H2. The highest BCUT2D eigenvalue weighted by Crippen LogP contribution is 2.27. The number of thioether (sulfide) groups is 1. The zero-order valence-electron chi connectivity index (χ0n) is 8.78. The maximum Gasteiger partial charge on any atom is 0.0789 e. The topological polar surface area (TPSA) is 46.2 Å². The first-order chi connectivity index (χ1) is 7.29. The van der Waals surface area contributed by atoms with Gasteiger partial charge in [-0.2, -0.15) is 0 Å². The second-order valence-corrected chi connectivity index (χ2v) is 5.29. The van der Waals surface area contributed by atoms with Crippen molar-refractivity contribution in [3.05, 3.63) is 29.3 Å². The molecule has 1 aromatic rings. The average Bonchev–Trinajstić information content (AvgIpc) is 2.29. The van der Waals surface area contributed by atoms with E-state index in [4.69, 9.17) is 10.8 Å². The number of hydrogen-bond donors (Lipinski definition) is 2. The lowest BCUT2D eigenvalue weighted by Gasteiger charge is -2.17. The van der Waals surface area contributed by atoms with Gasteiger partial charge in [0.2, 0.25) is 0 Å². The maximum absolute atomic E-state index is 8.89. The van der Waals surface area contributed by atoms with Crippen molar-refractivity contribution in [2.24, 2.45) is 5.73 Å². The van der Waals surface area contributed by atoms with E-state index in [1.165, 1.54) is 41.7 Å². The second-order valence-electron chi connectivity index (χ2n) is 3.98. The van der Waals surface area contributed by atoms with Gasteiger partial charge in [-0.1, -0.05) is 6.07 Å². The number of aryl methyl sites for hydroxylation is 2. The lowest BCUT2D eigenvalue weighted by atomic mass is 9.92. The molecule has 3 N–H and O–H groups in total. The van der Waals surface area contributed by atoms with Crippen LogP contribution in [0.1, 0.15) is 24.0 Å². The van der Waals surface area contributed by atoms with Crippen molar-refractivity contribution in [1.29, 1.82) is 0 Å². The Hall–Kier alpha value is -0.510. The summed E-state index contributed by atoms with van der Waals surface area (Å²) in [6.45, 7) is 0.0295. The Bertz CT molecular complexity index is 340. The Balaban J connectivity index is 2.13. The van der Waals surface area contributed by atoms with E-state index in [2.05, 4.69) is 18.2 Å². The lowest BCUT2D eigenvalue weighted by Crippen LogP contribution is -2.19. The SMILES string of the molecule is NC(CO)Sc1ccc2c(c1)CCCC2. The van der Waals surface area contributed by atoms with Crippen molar-refractivity contribution in [3.8, 4) is 0 Å². The number of benzene rings is 1. The molecule has 0 radical (unpaired) electrons. The zero-order chi connectivity index (χ0) is 10.7. The van der Waals surface area contributed by atoms with Crippen LogP contribution >= 0.6 is 11.8 Å². The normalized spacial score (nSPS) is 17.2. The molecular weight excluding hydrogens is 206 g/mol. The fourth-order valence-corrected chi connectivity index (χ4v) is 2.78. The minimum Gasteiger partial charge on any atom is -0.394 e. The predicted octanol–water partition coefficient (Wildman–Crippen LogP) is 1.93. The van der Waals surface area contributed by atoms with E-state index >= 15 is 0 Å². The molecule has 0 spiro atoms. The highest BCUT2D eigenvalue weighted by Gasteiger charge is 2.10. The molecular formula is C12H17NOS. The zero-order valence-corrected chi connectivity index (χ0v) is 9.59. The van der Waals surface area contributed by atoms with Crippen LogP contribution in [0.3, 0.4) is 0 Å². The Kier molecular flexibility index (Phi) is 3.67. The Labute approximate surface area is 94.9 Å². The molecule has 0 aliphatic heterocycles. The molecule has 0 amide bonds. The molecule has 0 saturated carbocycles. The van der Waals surface area contributed by atoms with Crippen LogP contribution in [0.15, 0.2) is 23.1 Å². The molecule has 0 fully saturated rings. The predicted molar refractivity (Wildman–Crippen MR) is 64.0 cm³/mol. The molecule has 0 aromatic heterocycles. The third kappa shape index (κ3) is 2.74. The number of aliphatic hydroxyl groups is 1. The minimum absolute atomic E-state index is 0.0295. The summed E-state index contributed by atoms with van der Waals surface area (Å²) in [7, 11) is 0. The van der Waals surface area contributed by atoms with Gasteiger partial charge in [-0.15, -0.1) is 11.8 Å². The molecule has 82 valence electrons. The Morgan fingerprint density at radius 2 is 2.00 bits per heavy atom. The summed E-state index contributed by atoms with van der Waals surface area (Å²) in [5.74, 6) is 0. The third-order valence-electron chi connectivity index (χ3n) is 2.79. The van der Waals surface area contributed by atoms with Gasteiger partial charge in [-0.05, 0) is 48.9 Å². The summed E-state index contributed by atoms with van der Waals surface area (Å²) in [5, 5.41) is 8.69. The van der Waals surface area contributed by atoms with Crippen molar-refractivity contribution in [2.45, 2.75) is 36.0 Å². The summed E-state index contributed by atoms with van der Waals surface area (Å²) >= 11 is 1.54. The van der Waals surface area contributed by atoms with E-state index in [9.17, 15) is 0 Å². The molecule has 3 heteroatoms.